The first-order valence-corrected chi connectivity index (χ1v) is 10.8. The summed E-state index contributed by atoms with van der Waals surface area (Å²) in [6, 6.07) is 36.2. The number of hydrogen-bond acceptors (Lipinski definition) is 1. The van der Waals surface area contributed by atoms with Crippen molar-refractivity contribution >= 4 is 23.2 Å². The van der Waals surface area contributed by atoms with Crippen LogP contribution in [0.2, 0.25) is 10.0 Å². The Bertz CT molecular complexity index is 1200. The zero-order valence-corrected chi connectivity index (χ0v) is 18.1. The van der Waals surface area contributed by atoms with E-state index in [2.05, 4.69) is 24.3 Å². The summed E-state index contributed by atoms with van der Waals surface area (Å²) < 4.78 is 6.62. The Morgan fingerprint density at radius 1 is 0.387 bits per heavy atom. The van der Waals surface area contributed by atoms with Crippen LogP contribution in [0.1, 0.15) is 0 Å². The second-order valence-electron chi connectivity index (χ2n) is 7.26. The van der Waals surface area contributed by atoms with Crippen LogP contribution in [0.4, 0.5) is 0 Å². The van der Waals surface area contributed by atoms with Gasteiger partial charge in [0.25, 0.3) is 0 Å². The quantitative estimate of drug-likeness (QED) is 0.271. The lowest BCUT2D eigenvalue weighted by molar-refractivity contribution is 0.599. The molecule has 0 amide bonds. The first-order chi connectivity index (χ1) is 15.2. The van der Waals surface area contributed by atoms with Gasteiger partial charge in [-0.3, -0.25) is 0 Å². The third-order valence-corrected chi connectivity index (χ3v) is 5.75. The van der Waals surface area contributed by atoms with Crippen LogP contribution in [0.25, 0.3) is 44.9 Å². The van der Waals surface area contributed by atoms with Gasteiger partial charge in [0.2, 0.25) is 0 Å². The van der Waals surface area contributed by atoms with Crippen molar-refractivity contribution in [3.8, 4) is 44.9 Å². The Hall–Kier alpha value is -3.26. The van der Waals surface area contributed by atoms with Crippen LogP contribution < -0.4 is 0 Å². The van der Waals surface area contributed by atoms with Crippen molar-refractivity contribution in [2.45, 2.75) is 0 Å². The average Bonchev–Trinajstić information content (AvgIpc) is 3.22. The van der Waals surface area contributed by atoms with Crippen molar-refractivity contribution in [3.05, 3.63) is 119 Å². The highest BCUT2D eigenvalue weighted by molar-refractivity contribution is 6.31. The van der Waals surface area contributed by atoms with Gasteiger partial charge in [-0.2, -0.15) is 0 Å². The summed E-state index contributed by atoms with van der Waals surface area (Å²) in [7, 11) is 0. The summed E-state index contributed by atoms with van der Waals surface area (Å²) in [6.07, 6.45) is 0. The zero-order valence-electron chi connectivity index (χ0n) is 16.6. The Kier molecular flexibility index (Phi) is 5.38. The molecule has 0 spiro atoms. The van der Waals surface area contributed by atoms with Crippen LogP contribution in [0.3, 0.4) is 0 Å². The zero-order chi connectivity index (χ0) is 21.2. The van der Waals surface area contributed by atoms with E-state index in [4.69, 9.17) is 27.6 Å². The van der Waals surface area contributed by atoms with Crippen molar-refractivity contribution in [3.63, 3.8) is 0 Å². The van der Waals surface area contributed by atoms with Gasteiger partial charge in [0.1, 0.15) is 11.5 Å². The van der Waals surface area contributed by atoms with Crippen molar-refractivity contribution in [2.75, 3.05) is 0 Å². The SMILES string of the molecule is Clc1ccc(-c2c(-c3ccccc3)oc(-c3ccccc3)c2-c2ccc(Cl)cc2)cc1. The maximum absolute atomic E-state index is 6.62. The summed E-state index contributed by atoms with van der Waals surface area (Å²) in [5, 5.41) is 1.40. The van der Waals surface area contributed by atoms with Gasteiger partial charge in [-0.1, -0.05) is 108 Å². The van der Waals surface area contributed by atoms with Gasteiger partial charge in [-0.05, 0) is 35.4 Å². The van der Waals surface area contributed by atoms with E-state index in [1.54, 1.807) is 0 Å². The van der Waals surface area contributed by atoms with Gasteiger partial charge in [0, 0.05) is 32.3 Å². The lowest BCUT2D eigenvalue weighted by Gasteiger charge is -2.09. The first kappa shape index (κ1) is 19.7. The highest BCUT2D eigenvalue weighted by atomic mass is 35.5. The molecule has 4 aromatic carbocycles. The van der Waals surface area contributed by atoms with E-state index in [-0.39, 0.29) is 0 Å². The van der Waals surface area contributed by atoms with Crippen molar-refractivity contribution in [1.29, 1.82) is 0 Å². The molecule has 0 aliphatic rings. The predicted molar refractivity (Wildman–Crippen MR) is 130 cm³/mol. The van der Waals surface area contributed by atoms with Gasteiger partial charge in [-0.25, -0.2) is 0 Å². The monoisotopic (exact) mass is 440 g/mol. The maximum Gasteiger partial charge on any atom is 0.143 e. The van der Waals surface area contributed by atoms with Crippen molar-refractivity contribution in [1.82, 2.24) is 0 Å². The van der Waals surface area contributed by atoms with Crippen LogP contribution in [-0.4, -0.2) is 0 Å². The minimum Gasteiger partial charge on any atom is -0.455 e. The molecule has 1 aromatic heterocycles. The fourth-order valence-electron chi connectivity index (χ4n) is 3.80. The van der Waals surface area contributed by atoms with Crippen LogP contribution in [0.15, 0.2) is 114 Å². The largest absolute Gasteiger partial charge is 0.455 e. The lowest BCUT2D eigenvalue weighted by atomic mass is 9.91. The van der Waals surface area contributed by atoms with E-state index in [1.807, 2.05) is 84.9 Å². The molecule has 0 unspecified atom stereocenters. The smallest absolute Gasteiger partial charge is 0.143 e. The number of rotatable bonds is 4. The molecule has 5 rings (SSSR count). The molecule has 0 saturated carbocycles. The molecular weight excluding hydrogens is 423 g/mol. The third-order valence-electron chi connectivity index (χ3n) is 5.25. The molecule has 0 aliphatic heterocycles. The van der Waals surface area contributed by atoms with E-state index in [0.717, 1.165) is 44.9 Å². The van der Waals surface area contributed by atoms with Crippen LogP contribution in [-0.2, 0) is 0 Å². The van der Waals surface area contributed by atoms with Crippen LogP contribution in [0.5, 0.6) is 0 Å². The molecule has 31 heavy (non-hydrogen) atoms. The Labute approximate surface area is 191 Å². The van der Waals surface area contributed by atoms with E-state index in [1.165, 1.54) is 0 Å². The Morgan fingerprint density at radius 3 is 1.10 bits per heavy atom. The van der Waals surface area contributed by atoms with Crippen LogP contribution in [0, 0.1) is 0 Å². The third kappa shape index (κ3) is 3.90. The van der Waals surface area contributed by atoms with E-state index < -0.39 is 0 Å². The molecule has 0 atom stereocenters. The molecule has 5 aromatic rings. The fraction of sp³-hybridized carbons (Fsp3) is 0. The van der Waals surface area contributed by atoms with Crippen molar-refractivity contribution < 1.29 is 4.42 Å². The molecule has 3 heteroatoms. The fourth-order valence-corrected chi connectivity index (χ4v) is 4.05. The van der Waals surface area contributed by atoms with Gasteiger partial charge in [0.05, 0.1) is 0 Å². The number of halogens is 2. The Morgan fingerprint density at radius 2 is 0.742 bits per heavy atom. The van der Waals surface area contributed by atoms with Gasteiger partial charge >= 0.3 is 0 Å². The van der Waals surface area contributed by atoms with E-state index in [0.29, 0.717) is 10.0 Å². The molecular formula is C28H18Cl2O. The molecule has 150 valence electrons. The normalized spacial score (nSPS) is 10.9. The summed E-state index contributed by atoms with van der Waals surface area (Å²) in [4.78, 5) is 0. The minimum atomic E-state index is 0.699. The summed E-state index contributed by atoms with van der Waals surface area (Å²) in [6.45, 7) is 0. The predicted octanol–water partition coefficient (Wildman–Crippen LogP) is 9.25. The molecule has 0 fully saturated rings. The van der Waals surface area contributed by atoms with Crippen molar-refractivity contribution in [2.24, 2.45) is 0 Å². The molecule has 0 N–H and O–H groups in total. The van der Waals surface area contributed by atoms with E-state index in [9.17, 15) is 0 Å². The highest BCUT2D eigenvalue weighted by Gasteiger charge is 2.25. The first-order valence-electron chi connectivity index (χ1n) is 10.0. The summed E-state index contributed by atoms with van der Waals surface area (Å²) >= 11 is 12.4. The van der Waals surface area contributed by atoms with Gasteiger partial charge < -0.3 is 4.42 Å². The minimum absolute atomic E-state index is 0.699. The molecule has 1 nitrogen and oxygen atoms in total. The highest BCUT2D eigenvalue weighted by Crippen LogP contribution is 2.48. The molecule has 0 bridgehead atoms. The van der Waals surface area contributed by atoms with Gasteiger partial charge in [-0.15, -0.1) is 0 Å². The molecule has 0 aliphatic carbocycles. The molecule has 1 heterocycles. The van der Waals surface area contributed by atoms with E-state index >= 15 is 0 Å². The summed E-state index contributed by atoms with van der Waals surface area (Å²) in [5.41, 5.74) is 6.18. The topological polar surface area (TPSA) is 13.1 Å². The number of hydrogen-bond donors (Lipinski definition) is 0. The summed E-state index contributed by atoms with van der Waals surface area (Å²) in [5.74, 6) is 1.65. The standard InChI is InChI=1S/C28H18Cl2O/c29-23-15-11-19(12-16-23)25-26(20-13-17-24(30)18-14-20)28(22-9-5-2-6-10-22)31-27(25)21-7-3-1-4-8-21/h1-18H. The second-order valence-corrected chi connectivity index (χ2v) is 8.13. The van der Waals surface area contributed by atoms with Gasteiger partial charge in [0.15, 0.2) is 0 Å². The lowest BCUT2D eigenvalue weighted by Crippen LogP contribution is -1.86. The van der Waals surface area contributed by atoms with Crippen LogP contribution >= 0.6 is 23.2 Å². The average molecular weight is 441 g/mol. The second kappa shape index (κ2) is 8.47. The number of furan rings is 1. The maximum atomic E-state index is 6.62. The molecule has 0 radical (unpaired) electrons. The number of benzene rings is 4. The Balaban J connectivity index is 1.88. The molecule has 0 saturated heterocycles.